The van der Waals surface area contributed by atoms with Crippen molar-refractivity contribution < 1.29 is 9.84 Å². The van der Waals surface area contributed by atoms with Crippen LogP contribution in [0.15, 0.2) is 24.3 Å². The minimum Gasteiger partial charge on any atom is -0.389 e. The zero-order valence-corrected chi connectivity index (χ0v) is 13.6. The van der Waals surface area contributed by atoms with Gasteiger partial charge in [-0.25, -0.2) is 0 Å². The maximum Gasteiger partial charge on any atom is 0.0900 e. The standard InChI is InChI=1S/C16H25ClN2O2/c1-13(2)21-12-16(20)11-18-6-8-19(9-7-18)15-5-3-4-14(17)10-15/h3-5,10,13,16,20H,6-9,11-12H2,1-2H3/t16-/m0/s1. The van der Waals surface area contributed by atoms with Crippen LogP contribution in [0, 0.1) is 0 Å². The third-order valence-electron chi connectivity index (χ3n) is 3.64. The van der Waals surface area contributed by atoms with Gasteiger partial charge in [0.25, 0.3) is 0 Å². The molecule has 118 valence electrons. The van der Waals surface area contributed by atoms with E-state index in [-0.39, 0.29) is 6.10 Å². The molecule has 0 aromatic heterocycles. The summed E-state index contributed by atoms with van der Waals surface area (Å²) >= 11 is 6.04. The van der Waals surface area contributed by atoms with Gasteiger partial charge in [-0.15, -0.1) is 0 Å². The van der Waals surface area contributed by atoms with E-state index in [1.165, 1.54) is 5.69 Å². The third-order valence-corrected chi connectivity index (χ3v) is 3.87. The van der Waals surface area contributed by atoms with Gasteiger partial charge < -0.3 is 14.7 Å². The molecule has 1 aliphatic rings. The topological polar surface area (TPSA) is 35.9 Å². The average Bonchev–Trinajstić information content (AvgIpc) is 2.46. The number of piperazine rings is 1. The summed E-state index contributed by atoms with van der Waals surface area (Å²) in [5.74, 6) is 0. The van der Waals surface area contributed by atoms with E-state index in [4.69, 9.17) is 16.3 Å². The van der Waals surface area contributed by atoms with Crippen molar-refractivity contribution in [3.05, 3.63) is 29.3 Å². The summed E-state index contributed by atoms with van der Waals surface area (Å²) in [6.07, 6.45) is -0.246. The van der Waals surface area contributed by atoms with Crippen LogP contribution in [0.3, 0.4) is 0 Å². The predicted octanol–water partition coefficient (Wildman–Crippen LogP) is 2.25. The Hall–Kier alpha value is -0.810. The van der Waals surface area contributed by atoms with Crippen LogP contribution in [0.2, 0.25) is 5.02 Å². The lowest BCUT2D eigenvalue weighted by Crippen LogP contribution is -2.49. The van der Waals surface area contributed by atoms with Gasteiger partial charge in [-0.3, -0.25) is 4.90 Å². The molecule has 0 aliphatic carbocycles. The van der Waals surface area contributed by atoms with Crippen molar-refractivity contribution in [2.45, 2.75) is 26.1 Å². The Morgan fingerprint density at radius 1 is 1.24 bits per heavy atom. The first-order valence-corrected chi connectivity index (χ1v) is 7.95. The Labute approximate surface area is 132 Å². The Morgan fingerprint density at radius 2 is 1.95 bits per heavy atom. The van der Waals surface area contributed by atoms with Crippen LogP contribution in [0.25, 0.3) is 0 Å². The minimum atomic E-state index is -0.412. The smallest absolute Gasteiger partial charge is 0.0900 e. The van der Waals surface area contributed by atoms with E-state index in [0.29, 0.717) is 13.2 Å². The first-order valence-electron chi connectivity index (χ1n) is 7.57. The Morgan fingerprint density at radius 3 is 2.57 bits per heavy atom. The summed E-state index contributed by atoms with van der Waals surface area (Å²) < 4.78 is 5.45. The highest BCUT2D eigenvalue weighted by Gasteiger charge is 2.19. The maximum atomic E-state index is 9.97. The molecule has 1 N–H and O–H groups in total. The summed E-state index contributed by atoms with van der Waals surface area (Å²) in [7, 11) is 0. The van der Waals surface area contributed by atoms with Crippen LogP contribution in [0.1, 0.15) is 13.8 Å². The number of nitrogens with zero attached hydrogens (tertiary/aromatic N) is 2. The van der Waals surface area contributed by atoms with E-state index < -0.39 is 6.10 Å². The van der Waals surface area contributed by atoms with Crippen LogP contribution in [0.5, 0.6) is 0 Å². The lowest BCUT2D eigenvalue weighted by Gasteiger charge is -2.37. The van der Waals surface area contributed by atoms with Crippen molar-refractivity contribution in [2.24, 2.45) is 0 Å². The second kappa shape index (κ2) is 7.99. The minimum absolute atomic E-state index is 0.166. The summed E-state index contributed by atoms with van der Waals surface area (Å²) in [6.45, 7) is 8.86. The van der Waals surface area contributed by atoms with Gasteiger partial charge in [0.1, 0.15) is 0 Å². The normalized spacial score (nSPS) is 18.2. The van der Waals surface area contributed by atoms with Gasteiger partial charge >= 0.3 is 0 Å². The first kappa shape index (κ1) is 16.6. The molecule has 0 amide bonds. The van der Waals surface area contributed by atoms with E-state index in [2.05, 4.69) is 15.9 Å². The van der Waals surface area contributed by atoms with E-state index in [0.717, 1.165) is 31.2 Å². The number of rotatable bonds is 6. The largest absolute Gasteiger partial charge is 0.389 e. The monoisotopic (exact) mass is 312 g/mol. The summed E-state index contributed by atoms with van der Waals surface area (Å²) in [6, 6.07) is 7.97. The van der Waals surface area contributed by atoms with Gasteiger partial charge in [-0.1, -0.05) is 17.7 Å². The fourth-order valence-corrected chi connectivity index (χ4v) is 2.70. The van der Waals surface area contributed by atoms with Gasteiger partial charge in [-0.05, 0) is 32.0 Å². The van der Waals surface area contributed by atoms with Crippen molar-refractivity contribution in [1.29, 1.82) is 0 Å². The van der Waals surface area contributed by atoms with E-state index in [9.17, 15) is 5.11 Å². The predicted molar refractivity (Wildman–Crippen MR) is 87.2 cm³/mol. The number of halogens is 1. The fraction of sp³-hybridized carbons (Fsp3) is 0.625. The zero-order chi connectivity index (χ0) is 15.2. The molecule has 5 heteroatoms. The molecule has 21 heavy (non-hydrogen) atoms. The number of hydrogen-bond acceptors (Lipinski definition) is 4. The molecule has 4 nitrogen and oxygen atoms in total. The van der Waals surface area contributed by atoms with Crippen LogP contribution < -0.4 is 4.90 Å². The zero-order valence-electron chi connectivity index (χ0n) is 12.8. The van der Waals surface area contributed by atoms with Crippen molar-refractivity contribution in [3.63, 3.8) is 0 Å². The lowest BCUT2D eigenvalue weighted by atomic mass is 10.2. The number of β-amino-alcohol motifs (C(OH)–C–C–N with tert-alkyl or cyclic N) is 1. The average molecular weight is 313 g/mol. The molecule has 0 spiro atoms. The highest BCUT2D eigenvalue weighted by molar-refractivity contribution is 6.30. The van der Waals surface area contributed by atoms with Gasteiger partial charge in [0, 0.05) is 43.4 Å². The summed E-state index contributed by atoms with van der Waals surface area (Å²) in [5.41, 5.74) is 1.17. The molecular weight excluding hydrogens is 288 g/mol. The van der Waals surface area contributed by atoms with Crippen LogP contribution in [-0.4, -0.2) is 61.5 Å². The number of aliphatic hydroxyl groups is 1. The molecule has 1 aromatic carbocycles. The maximum absolute atomic E-state index is 9.97. The molecule has 1 fully saturated rings. The molecule has 1 heterocycles. The van der Waals surface area contributed by atoms with Gasteiger partial charge in [0.15, 0.2) is 0 Å². The summed E-state index contributed by atoms with van der Waals surface area (Å²) in [5, 5.41) is 10.7. The highest BCUT2D eigenvalue weighted by atomic mass is 35.5. The van der Waals surface area contributed by atoms with E-state index in [1.807, 2.05) is 32.0 Å². The van der Waals surface area contributed by atoms with Crippen LogP contribution in [0.4, 0.5) is 5.69 Å². The molecule has 0 unspecified atom stereocenters. The number of hydrogen-bond donors (Lipinski definition) is 1. The number of aliphatic hydroxyl groups excluding tert-OH is 1. The van der Waals surface area contributed by atoms with Crippen LogP contribution in [-0.2, 0) is 4.74 Å². The molecule has 1 aliphatic heterocycles. The van der Waals surface area contributed by atoms with Gasteiger partial charge in [0.05, 0.1) is 18.8 Å². The highest BCUT2D eigenvalue weighted by Crippen LogP contribution is 2.20. The molecule has 2 rings (SSSR count). The number of anilines is 1. The summed E-state index contributed by atoms with van der Waals surface area (Å²) in [4.78, 5) is 4.62. The molecule has 1 aromatic rings. The van der Waals surface area contributed by atoms with E-state index in [1.54, 1.807) is 0 Å². The molecule has 1 saturated heterocycles. The van der Waals surface area contributed by atoms with Crippen molar-refractivity contribution >= 4 is 17.3 Å². The Bertz CT molecular complexity index is 434. The first-order chi connectivity index (χ1) is 10.0. The van der Waals surface area contributed by atoms with Crippen molar-refractivity contribution in [2.75, 3.05) is 44.2 Å². The van der Waals surface area contributed by atoms with E-state index >= 15 is 0 Å². The SMILES string of the molecule is CC(C)OC[C@@H](O)CN1CCN(c2cccc(Cl)c2)CC1. The van der Waals surface area contributed by atoms with Crippen molar-refractivity contribution in [1.82, 2.24) is 4.90 Å². The third kappa shape index (κ3) is 5.47. The lowest BCUT2D eigenvalue weighted by molar-refractivity contribution is -0.00899. The second-order valence-electron chi connectivity index (χ2n) is 5.80. The quantitative estimate of drug-likeness (QED) is 0.874. The Kier molecular flexibility index (Phi) is 6.30. The molecular formula is C16H25ClN2O2. The molecule has 1 atom stereocenters. The second-order valence-corrected chi connectivity index (χ2v) is 6.24. The molecule has 0 saturated carbocycles. The number of benzene rings is 1. The fourth-order valence-electron chi connectivity index (χ4n) is 2.52. The number of ether oxygens (including phenoxy) is 1. The molecule has 0 bridgehead atoms. The molecule has 0 radical (unpaired) electrons. The Balaban J connectivity index is 1.75. The van der Waals surface area contributed by atoms with Crippen LogP contribution >= 0.6 is 11.6 Å². The van der Waals surface area contributed by atoms with Gasteiger partial charge in [0.2, 0.25) is 0 Å². The van der Waals surface area contributed by atoms with Crippen molar-refractivity contribution in [3.8, 4) is 0 Å². The van der Waals surface area contributed by atoms with Gasteiger partial charge in [-0.2, -0.15) is 0 Å².